The number of hydrogen-bond donors (Lipinski definition) is 0. The van der Waals surface area contributed by atoms with E-state index in [4.69, 9.17) is 9.57 Å². The van der Waals surface area contributed by atoms with Crippen LogP contribution in [-0.2, 0) is 9.63 Å². The van der Waals surface area contributed by atoms with Crippen LogP contribution >= 0.6 is 0 Å². The lowest BCUT2D eigenvalue weighted by Crippen LogP contribution is -2.52. The van der Waals surface area contributed by atoms with Crippen molar-refractivity contribution in [1.82, 2.24) is 9.80 Å². The first kappa shape index (κ1) is 22.2. The van der Waals surface area contributed by atoms with E-state index in [0.29, 0.717) is 19.5 Å². The molecule has 174 valence electrons. The molecule has 0 bridgehead atoms. The monoisotopic (exact) mass is 455 g/mol. The van der Waals surface area contributed by atoms with Crippen molar-refractivity contribution in [2.75, 3.05) is 33.3 Å². The van der Waals surface area contributed by atoms with E-state index >= 15 is 0 Å². The SMILES string of the molecule is COc1ccc(C2=NOC(C(=O)N3CCN(C(c4ccccc4)c4ccccc4)CC3)C2)cc1. The third-order valence-electron chi connectivity index (χ3n) is 6.59. The Morgan fingerprint density at radius 1 is 0.882 bits per heavy atom. The zero-order valence-electron chi connectivity index (χ0n) is 19.3. The second-order valence-corrected chi connectivity index (χ2v) is 8.65. The van der Waals surface area contributed by atoms with Crippen molar-refractivity contribution in [3.63, 3.8) is 0 Å². The fourth-order valence-corrected chi connectivity index (χ4v) is 4.75. The second kappa shape index (κ2) is 10.1. The molecule has 0 aliphatic carbocycles. The van der Waals surface area contributed by atoms with E-state index in [1.165, 1.54) is 11.1 Å². The highest BCUT2D eigenvalue weighted by atomic mass is 16.6. The van der Waals surface area contributed by atoms with Crippen molar-refractivity contribution in [3.8, 4) is 5.75 Å². The maximum atomic E-state index is 13.2. The number of oxime groups is 1. The summed E-state index contributed by atoms with van der Waals surface area (Å²) in [6.45, 7) is 2.96. The first-order chi connectivity index (χ1) is 16.7. The molecule has 1 saturated heterocycles. The molecule has 3 aromatic rings. The minimum atomic E-state index is -0.553. The van der Waals surface area contributed by atoms with Gasteiger partial charge in [-0.25, -0.2) is 0 Å². The summed E-state index contributed by atoms with van der Waals surface area (Å²) in [5.74, 6) is 0.806. The second-order valence-electron chi connectivity index (χ2n) is 8.65. The van der Waals surface area contributed by atoms with Crippen LogP contribution in [0.4, 0.5) is 0 Å². The number of ether oxygens (including phenoxy) is 1. The van der Waals surface area contributed by atoms with Gasteiger partial charge in [0.05, 0.1) is 18.9 Å². The lowest BCUT2D eigenvalue weighted by atomic mass is 9.96. The van der Waals surface area contributed by atoms with Crippen molar-refractivity contribution < 1.29 is 14.4 Å². The zero-order chi connectivity index (χ0) is 23.3. The summed E-state index contributed by atoms with van der Waals surface area (Å²) in [6, 6.07) is 29.0. The molecule has 1 unspecified atom stereocenters. The fourth-order valence-electron chi connectivity index (χ4n) is 4.75. The molecule has 1 atom stereocenters. The summed E-state index contributed by atoms with van der Waals surface area (Å²) >= 11 is 0. The molecule has 2 heterocycles. The Bertz CT molecular complexity index is 1090. The summed E-state index contributed by atoms with van der Waals surface area (Å²) in [4.78, 5) is 23.1. The van der Waals surface area contributed by atoms with Crippen LogP contribution in [0.2, 0.25) is 0 Å². The maximum absolute atomic E-state index is 13.2. The fraction of sp³-hybridized carbons (Fsp3) is 0.286. The van der Waals surface area contributed by atoms with Crippen molar-refractivity contribution in [1.29, 1.82) is 0 Å². The number of carbonyl (C=O) groups excluding carboxylic acids is 1. The van der Waals surface area contributed by atoms with Crippen LogP contribution in [0.15, 0.2) is 90.1 Å². The van der Waals surface area contributed by atoms with Gasteiger partial charge in [0.15, 0.2) is 0 Å². The van der Waals surface area contributed by atoms with E-state index < -0.39 is 6.10 Å². The van der Waals surface area contributed by atoms with Gasteiger partial charge in [-0.2, -0.15) is 0 Å². The van der Waals surface area contributed by atoms with Crippen LogP contribution < -0.4 is 4.74 Å². The predicted molar refractivity (Wildman–Crippen MR) is 132 cm³/mol. The summed E-state index contributed by atoms with van der Waals surface area (Å²) in [7, 11) is 1.64. The molecule has 6 heteroatoms. The van der Waals surface area contributed by atoms with Gasteiger partial charge in [-0.05, 0) is 41.0 Å². The molecule has 1 fully saturated rings. The minimum absolute atomic E-state index is 0.0166. The lowest BCUT2D eigenvalue weighted by molar-refractivity contribution is -0.144. The topological polar surface area (TPSA) is 54.4 Å². The Morgan fingerprint density at radius 3 is 2.03 bits per heavy atom. The number of amides is 1. The zero-order valence-corrected chi connectivity index (χ0v) is 19.3. The summed E-state index contributed by atoms with van der Waals surface area (Å²) in [6.07, 6.45) is -0.0649. The number of carbonyl (C=O) groups is 1. The summed E-state index contributed by atoms with van der Waals surface area (Å²) in [5, 5.41) is 4.20. The number of hydrogen-bond acceptors (Lipinski definition) is 5. The Hall–Kier alpha value is -3.64. The average molecular weight is 456 g/mol. The van der Waals surface area contributed by atoms with Crippen molar-refractivity contribution in [3.05, 3.63) is 102 Å². The Kier molecular flexibility index (Phi) is 6.58. The van der Waals surface area contributed by atoms with Gasteiger partial charge in [-0.3, -0.25) is 9.69 Å². The molecule has 34 heavy (non-hydrogen) atoms. The van der Waals surface area contributed by atoms with Crippen LogP contribution in [-0.4, -0.2) is 60.8 Å². The van der Waals surface area contributed by atoms with Gasteiger partial charge < -0.3 is 14.5 Å². The van der Waals surface area contributed by atoms with Gasteiger partial charge in [0.2, 0.25) is 6.10 Å². The average Bonchev–Trinajstić information content (AvgIpc) is 3.41. The van der Waals surface area contributed by atoms with Gasteiger partial charge in [-0.1, -0.05) is 65.8 Å². The van der Waals surface area contributed by atoms with Crippen LogP contribution in [0, 0.1) is 0 Å². The van der Waals surface area contributed by atoms with Gasteiger partial charge in [-0.15, -0.1) is 0 Å². The normalized spacial score (nSPS) is 18.5. The number of piperazine rings is 1. The molecule has 0 radical (unpaired) electrons. The van der Waals surface area contributed by atoms with Gasteiger partial charge in [0.1, 0.15) is 5.75 Å². The van der Waals surface area contributed by atoms with Gasteiger partial charge in [0, 0.05) is 32.6 Å². The lowest BCUT2D eigenvalue weighted by Gasteiger charge is -2.40. The van der Waals surface area contributed by atoms with Crippen molar-refractivity contribution in [2.24, 2.45) is 5.16 Å². The summed E-state index contributed by atoms with van der Waals surface area (Å²) < 4.78 is 5.22. The molecule has 5 rings (SSSR count). The molecule has 0 spiro atoms. The van der Waals surface area contributed by atoms with Gasteiger partial charge in [0.25, 0.3) is 5.91 Å². The maximum Gasteiger partial charge on any atom is 0.266 e. The van der Waals surface area contributed by atoms with Crippen LogP contribution in [0.3, 0.4) is 0 Å². The highest BCUT2D eigenvalue weighted by molar-refractivity contribution is 6.04. The highest BCUT2D eigenvalue weighted by Crippen LogP contribution is 2.30. The van der Waals surface area contributed by atoms with Crippen LogP contribution in [0.25, 0.3) is 0 Å². The number of methoxy groups -OCH3 is 1. The Balaban J connectivity index is 1.22. The Morgan fingerprint density at radius 2 is 1.47 bits per heavy atom. The third-order valence-corrected chi connectivity index (χ3v) is 6.59. The van der Waals surface area contributed by atoms with Crippen molar-refractivity contribution >= 4 is 11.6 Å². The van der Waals surface area contributed by atoms with E-state index in [2.05, 4.69) is 58.6 Å². The van der Waals surface area contributed by atoms with Crippen molar-refractivity contribution in [2.45, 2.75) is 18.6 Å². The quantitative estimate of drug-likeness (QED) is 0.561. The number of benzene rings is 3. The molecular formula is C28H29N3O3. The minimum Gasteiger partial charge on any atom is -0.497 e. The smallest absolute Gasteiger partial charge is 0.266 e. The van der Waals surface area contributed by atoms with E-state index in [9.17, 15) is 4.79 Å². The molecule has 2 aliphatic rings. The van der Waals surface area contributed by atoms with E-state index in [1.54, 1.807) is 7.11 Å². The van der Waals surface area contributed by atoms with Gasteiger partial charge >= 0.3 is 0 Å². The Labute approximate surface area is 200 Å². The molecule has 0 N–H and O–H groups in total. The molecular weight excluding hydrogens is 426 g/mol. The first-order valence-electron chi connectivity index (χ1n) is 11.7. The van der Waals surface area contributed by atoms with Crippen LogP contribution in [0.5, 0.6) is 5.75 Å². The molecule has 0 aromatic heterocycles. The largest absolute Gasteiger partial charge is 0.497 e. The molecule has 6 nitrogen and oxygen atoms in total. The highest BCUT2D eigenvalue weighted by Gasteiger charge is 2.35. The van der Waals surface area contributed by atoms with Crippen LogP contribution in [0.1, 0.15) is 29.2 Å². The standard InChI is InChI=1S/C28H29N3O3/c1-33-24-14-12-21(13-15-24)25-20-26(34-29-25)28(32)31-18-16-30(17-19-31)27(22-8-4-2-5-9-22)23-10-6-3-7-11-23/h2-15,26-27H,16-20H2,1H3. The predicted octanol–water partition coefficient (Wildman–Crippen LogP) is 4.12. The molecule has 0 saturated carbocycles. The molecule has 1 amide bonds. The molecule has 3 aromatic carbocycles. The summed E-state index contributed by atoms with van der Waals surface area (Å²) in [5.41, 5.74) is 4.29. The third kappa shape index (κ3) is 4.68. The van der Waals surface area contributed by atoms with E-state index in [1.807, 2.05) is 41.3 Å². The molecule has 2 aliphatic heterocycles. The van der Waals surface area contributed by atoms with E-state index in [-0.39, 0.29) is 11.9 Å². The van der Waals surface area contributed by atoms with E-state index in [0.717, 1.165) is 30.1 Å². The first-order valence-corrected chi connectivity index (χ1v) is 11.7. The number of rotatable bonds is 6. The number of nitrogens with zero attached hydrogens (tertiary/aromatic N) is 3.